The van der Waals surface area contributed by atoms with Gasteiger partial charge in [-0.05, 0) is 37.9 Å². The summed E-state index contributed by atoms with van der Waals surface area (Å²) in [5.41, 5.74) is 0.821. The van der Waals surface area contributed by atoms with Crippen LogP contribution < -0.4 is 10.6 Å². The molecule has 1 aliphatic rings. The van der Waals surface area contributed by atoms with Crippen LogP contribution in [0.4, 0.5) is 0 Å². The summed E-state index contributed by atoms with van der Waals surface area (Å²) in [5, 5.41) is 6.41. The minimum absolute atomic E-state index is 0.192. The average Bonchev–Trinajstić information content (AvgIpc) is 2.46. The minimum Gasteiger partial charge on any atom is -0.355 e. The lowest BCUT2D eigenvalue weighted by atomic mass is 9.72. The van der Waals surface area contributed by atoms with E-state index in [1.807, 2.05) is 18.2 Å². The number of carbonyl (C=O) groups excluding carboxylic acids is 1. The number of amides is 1. The molecule has 0 aromatic heterocycles. The van der Waals surface area contributed by atoms with Gasteiger partial charge in [0, 0.05) is 6.54 Å². The average molecular weight is 246 g/mol. The third-order valence-electron chi connectivity index (χ3n) is 3.75. The van der Waals surface area contributed by atoms with E-state index < -0.39 is 0 Å². The van der Waals surface area contributed by atoms with E-state index in [1.54, 1.807) is 0 Å². The Morgan fingerprint density at radius 1 is 1.28 bits per heavy atom. The Bertz CT molecular complexity index is 383. The second kappa shape index (κ2) is 6.01. The minimum atomic E-state index is -0.332. The number of hydrogen-bond donors (Lipinski definition) is 2. The number of piperidine rings is 1. The van der Waals surface area contributed by atoms with Gasteiger partial charge < -0.3 is 10.6 Å². The maximum atomic E-state index is 12.5. The van der Waals surface area contributed by atoms with Crippen LogP contribution in [0.2, 0.25) is 0 Å². The van der Waals surface area contributed by atoms with Crippen molar-refractivity contribution in [3.05, 3.63) is 35.9 Å². The normalized spacial score (nSPS) is 18.3. The van der Waals surface area contributed by atoms with Crippen LogP contribution in [0.5, 0.6) is 0 Å². The Morgan fingerprint density at radius 2 is 1.94 bits per heavy atom. The maximum absolute atomic E-state index is 12.5. The van der Waals surface area contributed by atoms with Gasteiger partial charge in [-0.2, -0.15) is 0 Å². The van der Waals surface area contributed by atoms with Crippen molar-refractivity contribution in [2.75, 3.05) is 19.6 Å². The molecule has 1 heterocycles. The van der Waals surface area contributed by atoms with Gasteiger partial charge in [-0.1, -0.05) is 37.3 Å². The second-order valence-electron chi connectivity index (χ2n) is 4.95. The van der Waals surface area contributed by atoms with E-state index in [2.05, 4.69) is 29.7 Å². The van der Waals surface area contributed by atoms with Crippen molar-refractivity contribution in [1.29, 1.82) is 0 Å². The predicted molar refractivity (Wildman–Crippen MR) is 73.5 cm³/mol. The van der Waals surface area contributed by atoms with Gasteiger partial charge in [0.1, 0.15) is 0 Å². The van der Waals surface area contributed by atoms with E-state index in [4.69, 9.17) is 0 Å². The largest absolute Gasteiger partial charge is 0.355 e. The first-order valence-corrected chi connectivity index (χ1v) is 6.84. The van der Waals surface area contributed by atoms with Gasteiger partial charge in [0.05, 0.1) is 5.41 Å². The van der Waals surface area contributed by atoms with Crippen LogP contribution in [-0.2, 0) is 10.2 Å². The summed E-state index contributed by atoms with van der Waals surface area (Å²) in [4.78, 5) is 12.5. The molecule has 1 amide bonds. The Labute approximate surface area is 109 Å². The first-order valence-electron chi connectivity index (χ1n) is 6.84. The van der Waals surface area contributed by atoms with Crippen LogP contribution in [0.15, 0.2) is 30.3 Å². The Morgan fingerprint density at radius 3 is 2.56 bits per heavy atom. The molecular formula is C15H22N2O. The van der Waals surface area contributed by atoms with Crippen LogP contribution in [0, 0.1) is 0 Å². The molecule has 0 atom stereocenters. The molecule has 1 aliphatic heterocycles. The van der Waals surface area contributed by atoms with Crippen molar-refractivity contribution in [3.63, 3.8) is 0 Å². The lowest BCUT2D eigenvalue weighted by molar-refractivity contribution is -0.127. The van der Waals surface area contributed by atoms with Crippen molar-refractivity contribution in [1.82, 2.24) is 10.6 Å². The van der Waals surface area contributed by atoms with Gasteiger partial charge in [-0.25, -0.2) is 0 Å². The molecule has 2 N–H and O–H groups in total. The highest BCUT2D eigenvalue weighted by atomic mass is 16.2. The quantitative estimate of drug-likeness (QED) is 0.851. The topological polar surface area (TPSA) is 41.1 Å². The van der Waals surface area contributed by atoms with E-state index in [1.165, 1.54) is 0 Å². The summed E-state index contributed by atoms with van der Waals surface area (Å²) in [6, 6.07) is 10.2. The number of benzene rings is 1. The lowest BCUT2D eigenvalue weighted by Gasteiger charge is -2.36. The van der Waals surface area contributed by atoms with Crippen molar-refractivity contribution >= 4 is 5.91 Å². The van der Waals surface area contributed by atoms with Gasteiger partial charge in [0.15, 0.2) is 0 Å². The third kappa shape index (κ3) is 2.56. The predicted octanol–water partition coefficient (Wildman–Crippen LogP) is 1.83. The summed E-state index contributed by atoms with van der Waals surface area (Å²) >= 11 is 0. The SMILES string of the molecule is CCCNC(=O)C1(c2ccccc2)CCNCC1. The molecule has 1 fully saturated rings. The standard InChI is InChI=1S/C15H22N2O/c1-2-10-17-14(18)15(8-11-16-12-9-15)13-6-4-3-5-7-13/h3-7,16H,2,8-12H2,1H3,(H,17,18). The van der Waals surface area contributed by atoms with Crippen LogP contribution >= 0.6 is 0 Å². The zero-order valence-electron chi connectivity index (χ0n) is 11.0. The molecule has 3 heteroatoms. The number of hydrogen-bond acceptors (Lipinski definition) is 2. The molecule has 0 bridgehead atoms. The molecule has 1 aromatic carbocycles. The smallest absolute Gasteiger partial charge is 0.230 e. The fourth-order valence-electron chi connectivity index (χ4n) is 2.67. The molecule has 0 aliphatic carbocycles. The molecule has 98 valence electrons. The third-order valence-corrected chi connectivity index (χ3v) is 3.75. The summed E-state index contributed by atoms with van der Waals surface area (Å²) in [6.07, 6.45) is 2.74. The molecule has 18 heavy (non-hydrogen) atoms. The summed E-state index contributed by atoms with van der Waals surface area (Å²) < 4.78 is 0. The zero-order chi connectivity index (χ0) is 12.8. The van der Waals surface area contributed by atoms with Gasteiger partial charge in [-0.3, -0.25) is 4.79 Å². The van der Waals surface area contributed by atoms with Gasteiger partial charge in [0.25, 0.3) is 0 Å². The molecule has 0 radical (unpaired) electrons. The van der Waals surface area contributed by atoms with Crippen LogP contribution in [0.25, 0.3) is 0 Å². The second-order valence-corrected chi connectivity index (χ2v) is 4.95. The first-order chi connectivity index (χ1) is 8.79. The highest BCUT2D eigenvalue weighted by Gasteiger charge is 2.40. The molecule has 0 saturated carbocycles. The molecule has 0 spiro atoms. The Balaban J connectivity index is 2.25. The van der Waals surface area contributed by atoms with Crippen molar-refractivity contribution < 1.29 is 4.79 Å². The van der Waals surface area contributed by atoms with Crippen molar-refractivity contribution in [3.8, 4) is 0 Å². The number of rotatable bonds is 4. The summed E-state index contributed by atoms with van der Waals surface area (Å²) in [6.45, 7) is 4.67. The van der Waals surface area contributed by atoms with Crippen molar-refractivity contribution in [2.45, 2.75) is 31.6 Å². The van der Waals surface area contributed by atoms with Crippen molar-refractivity contribution in [2.24, 2.45) is 0 Å². The fraction of sp³-hybridized carbons (Fsp3) is 0.533. The molecular weight excluding hydrogens is 224 g/mol. The monoisotopic (exact) mass is 246 g/mol. The number of nitrogens with one attached hydrogen (secondary N) is 2. The van der Waals surface area contributed by atoms with Gasteiger partial charge >= 0.3 is 0 Å². The maximum Gasteiger partial charge on any atom is 0.230 e. The van der Waals surface area contributed by atoms with E-state index in [0.29, 0.717) is 0 Å². The lowest BCUT2D eigenvalue weighted by Crippen LogP contribution is -2.50. The Hall–Kier alpha value is -1.35. The molecule has 1 aromatic rings. The van der Waals surface area contributed by atoms with E-state index >= 15 is 0 Å². The van der Waals surface area contributed by atoms with E-state index in [-0.39, 0.29) is 11.3 Å². The summed E-state index contributed by atoms with van der Waals surface area (Å²) in [7, 11) is 0. The molecule has 1 saturated heterocycles. The van der Waals surface area contributed by atoms with Crippen LogP contribution in [-0.4, -0.2) is 25.5 Å². The highest BCUT2D eigenvalue weighted by molar-refractivity contribution is 5.88. The highest BCUT2D eigenvalue weighted by Crippen LogP contribution is 2.33. The van der Waals surface area contributed by atoms with E-state index in [9.17, 15) is 4.79 Å². The Kier molecular flexibility index (Phi) is 4.37. The first kappa shape index (κ1) is 13.1. The van der Waals surface area contributed by atoms with Gasteiger partial charge in [-0.15, -0.1) is 0 Å². The van der Waals surface area contributed by atoms with Gasteiger partial charge in [0.2, 0.25) is 5.91 Å². The molecule has 0 unspecified atom stereocenters. The molecule has 2 rings (SSSR count). The molecule has 3 nitrogen and oxygen atoms in total. The fourth-order valence-corrected chi connectivity index (χ4v) is 2.67. The summed E-state index contributed by atoms with van der Waals surface area (Å²) in [5.74, 6) is 0.192. The number of carbonyl (C=O) groups is 1. The van der Waals surface area contributed by atoms with Crippen LogP contribution in [0.3, 0.4) is 0 Å². The van der Waals surface area contributed by atoms with E-state index in [0.717, 1.165) is 44.5 Å². The van der Waals surface area contributed by atoms with Crippen LogP contribution in [0.1, 0.15) is 31.7 Å². The zero-order valence-corrected chi connectivity index (χ0v) is 11.0.